The summed E-state index contributed by atoms with van der Waals surface area (Å²) in [6.45, 7) is 6.33. The molecule has 0 aliphatic heterocycles. The van der Waals surface area contributed by atoms with Crippen molar-refractivity contribution in [2.75, 3.05) is 0 Å². The molecular weight excluding hydrogens is 229 g/mol. The fraction of sp³-hybridized carbons (Fsp3) is 0.214. The van der Waals surface area contributed by atoms with Crippen LogP contribution < -0.4 is 5.32 Å². The molecular formula is C14H16FN3. The molecule has 0 radical (unpaired) electrons. The van der Waals surface area contributed by atoms with Crippen LogP contribution in [0.2, 0.25) is 0 Å². The molecule has 0 spiro atoms. The number of aromatic nitrogens is 2. The number of halogens is 1. The van der Waals surface area contributed by atoms with Crippen LogP contribution in [0.4, 0.5) is 4.39 Å². The van der Waals surface area contributed by atoms with Crippen molar-refractivity contribution in [1.82, 2.24) is 15.1 Å². The van der Waals surface area contributed by atoms with Crippen LogP contribution in [-0.2, 0) is 6.54 Å². The lowest BCUT2D eigenvalue weighted by Gasteiger charge is -2.13. The molecule has 1 atom stereocenters. The van der Waals surface area contributed by atoms with Crippen molar-refractivity contribution in [2.45, 2.75) is 19.5 Å². The number of hydrogen-bond acceptors (Lipinski definition) is 2. The Labute approximate surface area is 106 Å². The van der Waals surface area contributed by atoms with Gasteiger partial charge in [0.25, 0.3) is 0 Å². The Balaban J connectivity index is 1.95. The first-order valence-electron chi connectivity index (χ1n) is 5.83. The Morgan fingerprint density at radius 2 is 2.39 bits per heavy atom. The van der Waals surface area contributed by atoms with E-state index >= 15 is 0 Å². The first-order chi connectivity index (χ1) is 8.69. The van der Waals surface area contributed by atoms with E-state index in [-0.39, 0.29) is 11.9 Å². The van der Waals surface area contributed by atoms with Crippen molar-refractivity contribution in [3.63, 3.8) is 0 Å². The zero-order valence-electron chi connectivity index (χ0n) is 10.3. The lowest BCUT2D eigenvalue weighted by Crippen LogP contribution is -2.17. The Bertz CT molecular complexity index is 533. The maximum absolute atomic E-state index is 13.1. The van der Waals surface area contributed by atoms with Gasteiger partial charge < -0.3 is 5.32 Å². The first kappa shape index (κ1) is 12.5. The van der Waals surface area contributed by atoms with Gasteiger partial charge in [0.05, 0.1) is 6.20 Å². The summed E-state index contributed by atoms with van der Waals surface area (Å²) in [5.41, 5.74) is 2.00. The number of nitrogens with one attached hydrogen (secondary N) is 1. The molecule has 0 amide bonds. The average Bonchev–Trinajstić information content (AvgIpc) is 2.84. The van der Waals surface area contributed by atoms with E-state index in [0.29, 0.717) is 6.54 Å². The Kier molecular flexibility index (Phi) is 3.89. The zero-order chi connectivity index (χ0) is 13.0. The van der Waals surface area contributed by atoms with Gasteiger partial charge in [0, 0.05) is 30.5 Å². The monoisotopic (exact) mass is 245 g/mol. The molecule has 0 aliphatic rings. The molecule has 4 heteroatoms. The van der Waals surface area contributed by atoms with E-state index in [1.54, 1.807) is 29.2 Å². The zero-order valence-corrected chi connectivity index (χ0v) is 10.3. The second-order valence-corrected chi connectivity index (χ2v) is 4.17. The van der Waals surface area contributed by atoms with E-state index < -0.39 is 0 Å². The summed E-state index contributed by atoms with van der Waals surface area (Å²) in [7, 11) is 0. The van der Waals surface area contributed by atoms with Gasteiger partial charge in [-0.25, -0.2) is 9.07 Å². The maximum Gasteiger partial charge on any atom is 0.123 e. The van der Waals surface area contributed by atoms with Crippen molar-refractivity contribution >= 4 is 6.20 Å². The fourth-order valence-corrected chi connectivity index (χ4v) is 1.73. The number of benzene rings is 1. The van der Waals surface area contributed by atoms with Crippen molar-refractivity contribution in [2.24, 2.45) is 0 Å². The van der Waals surface area contributed by atoms with E-state index in [1.807, 2.05) is 19.2 Å². The van der Waals surface area contributed by atoms with Gasteiger partial charge in [0.15, 0.2) is 0 Å². The van der Waals surface area contributed by atoms with Crippen LogP contribution in [0.3, 0.4) is 0 Å². The van der Waals surface area contributed by atoms with E-state index in [9.17, 15) is 4.39 Å². The molecule has 1 unspecified atom stereocenters. The molecule has 0 saturated heterocycles. The van der Waals surface area contributed by atoms with Gasteiger partial charge in [-0.3, -0.25) is 0 Å². The molecule has 0 bridgehead atoms. The molecule has 18 heavy (non-hydrogen) atoms. The number of nitrogens with zero attached hydrogens (tertiary/aromatic N) is 2. The van der Waals surface area contributed by atoms with Crippen LogP contribution in [0.25, 0.3) is 6.20 Å². The highest BCUT2D eigenvalue weighted by Crippen LogP contribution is 2.14. The van der Waals surface area contributed by atoms with Gasteiger partial charge >= 0.3 is 0 Å². The molecule has 0 fully saturated rings. The van der Waals surface area contributed by atoms with Gasteiger partial charge in [-0.2, -0.15) is 5.10 Å². The third-order valence-electron chi connectivity index (χ3n) is 2.80. The second-order valence-electron chi connectivity index (χ2n) is 4.17. The molecule has 0 aliphatic carbocycles. The van der Waals surface area contributed by atoms with Crippen LogP contribution in [0, 0.1) is 5.82 Å². The van der Waals surface area contributed by atoms with Crippen LogP contribution >= 0.6 is 0 Å². The highest BCUT2D eigenvalue weighted by molar-refractivity contribution is 5.20. The SMILES string of the molecule is C=Cn1cc(CNC(C)c2cccc(F)c2)cn1. The summed E-state index contributed by atoms with van der Waals surface area (Å²) in [6.07, 6.45) is 5.32. The molecule has 3 nitrogen and oxygen atoms in total. The standard InChI is InChI=1S/C14H16FN3/c1-3-18-10-12(9-17-18)8-16-11(2)13-5-4-6-14(15)7-13/h3-7,9-11,16H,1,8H2,2H3. The van der Waals surface area contributed by atoms with Gasteiger partial charge in [-0.1, -0.05) is 18.7 Å². The minimum Gasteiger partial charge on any atom is -0.306 e. The minimum absolute atomic E-state index is 0.0905. The van der Waals surface area contributed by atoms with E-state index in [2.05, 4.69) is 17.0 Å². The summed E-state index contributed by atoms with van der Waals surface area (Å²) in [6, 6.07) is 6.72. The lowest BCUT2D eigenvalue weighted by molar-refractivity contribution is 0.565. The summed E-state index contributed by atoms with van der Waals surface area (Å²) in [5, 5.41) is 7.42. The third kappa shape index (κ3) is 3.05. The molecule has 2 rings (SSSR count). The van der Waals surface area contributed by atoms with Crippen molar-refractivity contribution in [3.05, 3.63) is 60.2 Å². The van der Waals surface area contributed by atoms with Gasteiger partial charge in [-0.15, -0.1) is 0 Å². The van der Waals surface area contributed by atoms with E-state index in [1.165, 1.54) is 6.07 Å². The predicted molar refractivity (Wildman–Crippen MR) is 70.3 cm³/mol. The Hall–Kier alpha value is -1.94. The second kappa shape index (κ2) is 5.60. The van der Waals surface area contributed by atoms with Crippen molar-refractivity contribution < 1.29 is 4.39 Å². The van der Waals surface area contributed by atoms with Crippen LogP contribution in [0.5, 0.6) is 0 Å². The summed E-state index contributed by atoms with van der Waals surface area (Å²) in [5.74, 6) is -0.208. The smallest absolute Gasteiger partial charge is 0.123 e. The van der Waals surface area contributed by atoms with Crippen LogP contribution in [0.1, 0.15) is 24.1 Å². The minimum atomic E-state index is -0.208. The van der Waals surface area contributed by atoms with Crippen molar-refractivity contribution in [3.8, 4) is 0 Å². The molecule has 0 saturated carbocycles. The summed E-state index contributed by atoms with van der Waals surface area (Å²) < 4.78 is 14.7. The van der Waals surface area contributed by atoms with E-state index in [0.717, 1.165) is 11.1 Å². The Morgan fingerprint density at radius 3 is 3.06 bits per heavy atom. The molecule has 1 heterocycles. The average molecular weight is 245 g/mol. The summed E-state index contributed by atoms with van der Waals surface area (Å²) >= 11 is 0. The lowest BCUT2D eigenvalue weighted by atomic mass is 10.1. The van der Waals surface area contributed by atoms with Gasteiger partial charge in [0.2, 0.25) is 0 Å². The molecule has 1 aromatic heterocycles. The number of rotatable bonds is 5. The highest BCUT2D eigenvalue weighted by atomic mass is 19.1. The summed E-state index contributed by atoms with van der Waals surface area (Å²) in [4.78, 5) is 0. The van der Waals surface area contributed by atoms with Crippen LogP contribution in [0.15, 0.2) is 43.2 Å². The maximum atomic E-state index is 13.1. The Morgan fingerprint density at radius 1 is 1.56 bits per heavy atom. The first-order valence-corrected chi connectivity index (χ1v) is 5.83. The molecule has 2 aromatic rings. The fourth-order valence-electron chi connectivity index (χ4n) is 1.73. The predicted octanol–water partition coefficient (Wildman–Crippen LogP) is 2.97. The van der Waals surface area contributed by atoms with Gasteiger partial charge in [0.1, 0.15) is 5.82 Å². The van der Waals surface area contributed by atoms with Crippen LogP contribution in [-0.4, -0.2) is 9.78 Å². The third-order valence-corrected chi connectivity index (χ3v) is 2.80. The van der Waals surface area contributed by atoms with Gasteiger partial charge in [-0.05, 0) is 24.6 Å². The largest absolute Gasteiger partial charge is 0.306 e. The molecule has 1 N–H and O–H groups in total. The number of hydrogen-bond donors (Lipinski definition) is 1. The van der Waals surface area contributed by atoms with E-state index in [4.69, 9.17) is 0 Å². The molecule has 1 aromatic carbocycles. The topological polar surface area (TPSA) is 29.9 Å². The quantitative estimate of drug-likeness (QED) is 0.877. The highest BCUT2D eigenvalue weighted by Gasteiger charge is 2.06. The van der Waals surface area contributed by atoms with Crippen molar-refractivity contribution in [1.29, 1.82) is 0 Å². The molecule has 94 valence electrons. The normalized spacial score (nSPS) is 12.3.